The standard InChI is InChI=1S/C16H25N6O7P/c1-25-12-10(7-28-30(23,24)21-3-5-27-6-4-21)29-16(13(12)26-2)22-9-20-11-14(17)18-8-19-15(11)22/h8-10,12-13,16H,3-7H2,1-2H3,(H,23,24)(H2,17,18,19)/t10-,12-,13-,16-/m1/s1. The zero-order valence-electron chi connectivity index (χ0n) is 16.7. The lowest BCUT2D eigenvalue weighted by Crippen LogP contribution is -2.38. The van der Waals surface area contributed by atoms with E-state index in [9.17, 15) is 9.46 Å². The average Bonchev–Trinajstić information content (AvgIpc) is 3.34. The van der Waals surface area contributed by atoms with Crippen LogP contribution >= 0.6 is 7.75 Å². The molecule has 0 saturated carbocycles. The number of fused-ring (bicyclic) bond motifs is 1. The van der Waals surface area contributed by atoms with Crippen molar-refractivity contribution in [1.82, 2.24) is 24.2 Å². The van der Waals surface area contributed by atoms with Crippen LogP contribution in [0.15, 0.2) is 12.7 Å². The SMILES string of the molecule is CO[C@@H]1[C@H](OC)[C@@H](COP(=O)(O)N2CCOCC2)O[C@H]1n1cnc2c(N)ncnc21. The summed E-state index contributed by atoms with van der Waals surface area (Å²) in [4.78, 5) is 22.8. The minimum absolute atomic E-state index is 0.163. The molecule has 3 N–H and O–H groups in total. The third kappa shape index (κ3) is 3.95. The number of imidazole rings is 1. The van der Waals surface area contributed by atoms with Crippen LogP contribution in [-0.2, 0) is 28.0 Å². The van der Waals surface area contributed by atoms with Crippen molar-refractivity contribution in [3.05, 3.63) is 12.7 Å². The number of rotatable bonds is 7. The second kappa shape index (κ2) is 8.81. The monoisotopic (exact) mass is 444 g/mol. The maximum absolute atomic E-state index is 12.6. The van der Waals surface area contributed by atoms with Crippen molar-refractivity contribution in [1.29, 1.82) is 0 Å². The Hall–Kier alpha value is -1.70. The molecule has 13 nitrogen and oxygen atoms in total. The first-order chi connectivity index (χ1) is 14.5. The number of ether oxygens (including phenoxy) is 4. The molecule has 0 spiro atoms. The Balaban J connectivity index is 1.53. The fourth-order valence-electron chi connectivity index (χ4n) is 3.72. The molecule has 0 radical (unpaired) electrons. The van der Waals surface area contributed by atoms with Crippen LogP contribution in [-0.4, -0.2) is 94.5 Å². The van der Waals surface area contributed by atoms with Gasteiger partial charge in [-0.15, -0.1) is 0 Å². The van der Waals surface area contributed by atoms with E-state index in [1.807, 2.05) is 0 Å². The van der Waals surface area contributed by atoms with Crippen molar-refractivity contribution in [3.63, 3.8) is 0 Å². The largest absolute Gasteiger partial charge is 0.405 e. The van der Waals surface area contributed by atoms with Crippen molar-refractivity contribution in [2.75, 3.05) is 52.9 Å². The van der Waals surface area contributed by atoms with Gasteiger partial charge in [0.1, 0.15) is 30.2 Å². The van der Waals surface area contributed by atoms with Crippen LogP contribution in [0.3, 0.4) is 0 Å². The molecule has 0 bridgehead atoms. The number of methoxy groups -OCH3 is 2. The van der Waals surface area contributed by atoms with E-state index in [0.717, 1.165) is 0 Å². The van der Waals surface area contributed by atoms with E-state index in [4.69, 9.17) is 29.2 Å². The Morgan fingerprint density at radius 1 is 1.23 bits per heavy atom. The minimum Gasteiger partial charge on any atom is -0.382 e. The predicted molar refractivity (Wildman–Crippen MR) is 103 cm³/mol. The molecular weight excluding hydrogens is 419 g/mol. The second-order valence-corrected chi connectivity index (χ2v) is 8.71. The first-order valence-corrected chi connectivity index (χ1v) is 10.9. The summed E-state index contributed by atoms with van der Waals surface area (Å²) in [6.07, 6.45) is 0.454. The van der Waals surface area contributed by atoms with Crippen molar-refractivity contribution >= 4 is 24.7 Å². The molecular formula is C16H25N6O7P. The molecule has 2 saturated heterocycles. The molecule has 30 heavy (non-hydrogen) atoms. The highest BCUT2D eigenvalue weighted by Crippen LogP contribution is 2.47. The Morgan fingerprint density at radius 3 is 2.67 bits per heavy atom. The van der Waals surface area contributed by atoms with Gasteiger partial charge in [0.15, 0.2) is 17.7 Å². The summed E-state index contributed by atoms with van der Waals surface area (Å²) in [5, 5.41) is 0. The van der Waals surface area contributed by atoms with E-state index in [2.05, 4.69) is 15.0 Å². The van der Waals surface area contributed by atoms with Gasteiger partial charge in [-0.2, -0.15) is 0 Å². The number of aromatic nitrogens is 4. The summed E-state index contributed by atoms with van der Waals surface area (Å²) in [6, 6.07) is 0. The molecule has 2 aromatic rings. The summed E-state index contributed by atoms with van der Waals surface area (Å²) in [5.41, 5.74) is 6.79. The molecule has 0 aliphatic carbocycles. The van der Waals surface area contributed by atoms with Crippen LogP contribution < -0.4 is 5.73 Å². The number of nitrogen functional groups attached to an aromatic ring is 1. The maximum atomic E-state index is 12.6. The van der Waals surface area contributed by atoms with Gasteiger partial charge in [0.05, 0.1) is 26.1 Å². The zero-order valence-corrected chi connectivity index (χ0v) is 17.6. The summed E-state index contributed by atoms with van der Waals surface area (Å²) in [7, 11) is -0.943. The van der Waals surface area contributed by atoms with Gasteiger partial charge in [-0.25, -0.2) is 24.2 Å². The Bertz CT molecular complexity index is 923. The van der Waals surface area contributed by atoms with Crippen molar-refractivity contribution in [2.24, 2.45) is 0 Å². The second-order valence-electron chi connectivity index (χ2n) is 6.90. The number of hydrogen-bond acceptors (Lipinski definition) is 10. The van der Waals surface area contributed by atoms with Gasteiger partial charge in [0.25, 0.3) is 0 Å². The van der Waals surface area contributed by atoms with Gasteiger partial charge in [-0.05, 0) is 0 Å². The summed E-state index contributed by atoms with van der Waals surface area (Å²) in [6.45, 7) is 1.23. The molecule has 4 rings (SSSR count). The fraction of sp³-hybridized carbons (Fsp3) is 0.688. The lowest BCUT2D eigenvalue weighted by atomic mass is 10.1. The van der Waals surface area contributed by atoms with Gasteiger partial charge in [-0.3, -0.25) is 9.09 Å². The van der Waals surface area contributed by atoms with E-state index < -0.39 is 32.3 Å². The summed E-state index contributed by atoms with van der Waals surface area (Å²) < 4.78 is 43.6. The minimum atomic E-state index is -3.99. The molecule has 166 valence electrons. The Kier molecular flexibility index (Phi) is 6.32. The number of nitrogens with zero attached hydrogens (tertiary/aromatic N) is 5. The third-order valence-electron chi connectivity index (χ3n) is 5.24. The molecule has 2 aliphatic rings. The maximum Gasteiger partial charge on any atom is 0.405 e. The number of anilines is 1. The third-order valence-corrected chi connectivity index (χ3v) is 6.84. The molecule has 5 atom stereocenters. The lowest BCUT2D eigenvalue weighted by Gasteiger charge is -2.30. The molecule has 0 aromatic carbocycles. The summed E-state index contributed by atoms with van der Waals surface area (Å²) in [5.74, 6) is 0.251. The molecule has 2 fully saturated rings. The van der Waals surface area contributed by atoms with Crippen molar-refractivity contribution in [2.45, 2.75) is 24.5 Å². The van der Waals surface area contributed by atoms with E-state index >= 15 is 0 Å². The molecule has 4 heterocycles. The van der Waals surface area contributed by atoms with Crippen LogP contribution in [0.2, 0.25) is 0 Å². The van der Waals surface area contributed by atoms with Crippen LogP contribution in [0.4, 0.5) is 5.82 Å². The number of nitrogens with two attached hydrogens (primary N) is 1. The Morgan fingerprint density at radius 2 is 1.97 bits per heavy atom. The van der Waals surface area contributed by atoms with Gasteiger partial charge in [-0.1, -0.05) is 0 Å². The van der Waals surface area contributed by atoms with E-state index in [1.165, 1.54) is 31.5 Å². The van der Waals surface area contributed by atoms with E-state index in [0.29, 0.717) is 37.5 Å². The highest BCUT2D eigenvalue weighted by atomic mass is 31.2. The quantitative estimate of drug-likeness (QED) is 0.542. The Labute approximate surface area is 172 Å². The number of morpholine rings is 1. The van der Waals surface area contributed by atoms with Crippen LogP contribution in [0.5, 0.6) is 0 Å². The summed E-state index contributed by atoms with van der Waals surface area (Å²) >= 11 is 0. The zero-order chi connectivity index (χ0) is 21.3. The topological polar surface area (TPSA) is 156 Å². The normalized spacial score (nSPS) is 30.0. The van der Waals surface area contributed by atoms with Gasteiger partial charge in [0, 0.05) is 27.3 Å². The lowest BCUT2D eigenvalue weighted by molar-refractivity contribution is -0.0579. The van der Waals surface area contributed by atoms with Crippen LogP contribution in [0.1, 0.15) is 6.23 Å². The number of hydrogen-bond donors (Lipinski definition) is 2. The molecule has 1 unspecified atom stereocenters. The average molecular weight is 444 g/mol. The molecule has 2 aliphatic heterocycles. The molecule has 0 amide bonds. The first-order valence-electron chi connectivity index (χ1n) is 9.41. The first kappa shape index (κ1) is 21.5. The van der Waals surface area contributed by atoms with Crippen molar-refractivity contribution in [3.8, 4) is 0 Å². The highest BCUT2D eigenvalue weighted by molar-refractivity contribution is 7.50. The van der Waals surface area contributed by atoms with Gasteiger partial charge < -0.3 is 29.6 Å². The predicted octanol–water partition coefficient (Wildman–Crippen LogP) is -0.215. The van der Waals surface area contributed by atoms with Gasteiger partial charge in [0.2, 0.25) is 0 Å². The van der Waals surface area contributed by atoms with Crippen molar-refractivity contribution < 1.29 is 32.9 Å². The van der Waals surface area contributed by atoms with Gasteiger partial charge >= 0.3 is 7.75 Å². The van der Waals surface area contributed by atoms with Crippen LogP contribution in [0.25, 0.3) is 11.2 Å². The smallest absolute Gasteiger partial charge is 0.382 e. The van der Waals surface area contributed by atoms with Crippen LogP contribution in [0, 0.1) is 0 Å². The molecule has 2 aromatic heterocycles. The highest BCUT2D eigenvalue weighted by Gasteiger charge is 2.48. The van der Waals surface area contributed by atoms with E-state index in [-0.39, 0.29) is 12.4 Å². The fourth-order valence-corrected chi connectivity index (χ4v) is 4.89. The van der Waals surface area contributed by atoms with E-state index in [1.54, 1.807) is 4.57 Å². The molecule has 14 heteroatoms.